The van der Waals surface area contributed by atoms with Crippen molar-refractivity contribution in [2.45, 2.75) is 38.8 Å². The van der Waals surface area contributed by atoms with Gasteiger partial charge in [-0.1, -0.05) is 62.4 Å². The number of likely N-dealkylation sites (N-methyl/N-ethyl adjacent to an activating group) is 1. The number of esters is 1. The standard InChI is InChI=1S/C36H37NO6/c1-4-30(27-15-20-33-34(21-27)42-23-41-33)35(24-11-16-28(17-12-24)40-22-32(38)31(5-2)37-3)25-13-18-29(19-14-25)43-36(39)26-9-7-6-8-10-26/h6-21,31-32,37-38H,4-5,22-23H2,1-3H3. The van der Waals surface area contributed by atoms with Crippen molar-refractivity contribution in [3.8, 4) is 23.0 Å². The molecule has 5 rings (SSSR count). The highest BCUT2D eigenvalue weighted by atomic mass is 16.7. The third-order valence-corrected chi connectivity index (χ3v) is 7.58. The summed E-state index contributed by atoms with van der Waals surface area (Å²) in [6.07, 6.45) is 0.947. The van der Waals surface area contributed by atoms with Crippen molar-refractivity contribution >= 4 is 17.1 Å². The maximum absolute atomic E-state index is 12.6. The summed E-state index contributed by atoms with van der Waals surface area (Å²) in [6.45, 7) is 4.56. The van der Waals surface area contributed by atoms with Crippen LogP contribution in [-0.4, -0.2) is 43.7 Å². The quantitative estimate of drug-likeness (QED) is 0.109. The molecule has 0 saturated carbocycles. The van der Waals surface area contributed by atoms with Crippen molar-refractivity contribution in [1.29, 1.82) is 0 Å². The van der Waals surface area contributed by atoms with Gasteiger partial charge in [0.2, 0.25) is 6.79 Å². The smallest absolute Gasteiger partial charge is 0.343 e. The van der Waals surface area contributed by atoms with Crippen LogP contribution in [0.25, 0.3) is 11.1 Å². The Kier molecular flexibility index (Phi) is 9.77. The first kappa shape index (κ1) is 29.9. The molecule has 0 aromatic heterocycles. The van der Waals surface area contributed by atoms with Crippen molar-refractivity contribution in [3.63, 3.8) is 0 Å². The summed E-state index contributed by atoms with van der Waals surface area (Å²) >= 11 is 0. The summed E-state index contributed by atoms with van der Waals surface area (Å²) in [4.78, 5) is 12.6. The minimum absolute atomic E-state index is 0.0300. The van der Waals surface area contributed by atoms with Crippen molar-refractivity contribution in [2.75, 3.05) is 20.4 Å². The van der Waals surface area contributed by atoms with Crippen LogP contribution < -0.4 is 24.3 Å². The molecule has 0 radical (unpaired) electrons. The van der Waals surface area contributed by atoms with Crippen LogP contribution in [0.1, 0.15) is 53.7 Å². The number of hydrogen-bond donors (Lipinski definition) is 2. The Morgan fingerprint density at radius 2 is 1.44 bits per heavy atom. The van der Waals surface area contributed by atoms with E-state index >= 15 is 0 Å². The van der Waals surface area contributed by atoms with E-state index in [-0.39, 0.29) is 19.4 Å². The summed E-state index contributed by atoms with van der Waals surface area (Å²) in [5.41, 5.74) is 5.65. The second-order valence-corrected chi connectivity index (χ2v) is 10.3. The number of allylic oxidation sites excluding steroid dienone is 1. The lowest BCUT2D eigenvalue weighted by molar-refractivity contribution is 0.0734. The van der Waals surface area contributed by atoms with E-state index in [2.05, 4.69) is 12.2 Å². The third kappa shape index (κ3) is 7.08. The van der Waals surface area contributed by atoms with Crippen molar-refractivity contribution in [2.24, 2.45) is 0 Å². The SMILES string of the molecule is CCC(=C(c1ccc(OCC(O)C(CC)NC)cc1)c1ccc(OC(=O)c2ccccc2)cc1)c1ccc2c(c1)OCO2. The first-order chi connectivity index (χ1) is 21.0. The fourth-order valence-corrected chi connectivity index (χ4v) is 5.24. The molecular formula is C36H37NO6. The van der Waals surface area contributed by atoms with Gasteiger partial charge in [0, 0.05) is 6.04 Å². The normalized spacial score (nSPS) is 14.0. The largest absolute Gasteiger partial charge is 0.491 e. The van der Waals surface area contributed by atoms with Gasteiger partial charge in [-0.25, -0.2) is 4.79 Å². The number of hydrogen-bond acceptors (Lipinski definition) is 7. The van der Waals surface area contributed by atoms with Crippen LogP contribution in [-0.2, 0) is 0 Å². The second kappa shape index (κ2) is 14.1. The maximum atomic E-state index is 12.6. The Bertz CT molecular complexity index is 1540. The molecule has 7 heteroatoms. The van der Waals surface area contributed by atoms with E-state index in [0.717, 1.165) is 52.2 Å². The molecule has 2 atom stereocenters. The number of ether oxygens (including phenoxy) is 4. The van der Waals surface area contributed by atoms with Gasteiger partial charge in [-0.05, 0) is 96.3 Å². The zero-order valence-electron chi connectivity index (χ0n) is 24.7. The van der Waals surface area contributed by atoms with Gasteiger partial charge in [0.25, 0.3) is 0 Å². The number of aliphatic hydroxyl groups excluding tert-OH is 1. The van der Waals surface area contributed by atoms with Crippen molar-refractivity contribution in [3.05, 3.63) is 119 Å². The molecule has 2 N–H and O–H groups in total. The fourth-order valence-electron chi connectivity index (χ4n) is 5.24. The third-order valence-electron chi connectivity index (χ3n) is 7.58. The first-order valence-corrected chi connectivity index (χ1v) is 14.6. The Labute approximate surface area is 252 Å². The maximum Gasteiger partial charge on any atom is 0.343 e. The van der Waals surface area contributed by atoms with Crippen LogP contribution in [0.5, 0.6) is 23.0 Å². The van der Waals surface area contributed by atoms with Gasteiger partial charge in [0.1, 0.15) is 24.2 Å². The van der Waals surface area contributed by atoms with Crippen LogP contribution >= 0.6 is 0 Å². The number of benzene rings is 4. The van der Waals surface area contributed by atoms with E-state index in [0.29, 0.717) is 17.1 Å². The molecule has 1 aliphatic heterocycles. The Balaban J connectivity index is 1.46. The van der Waals surface area contributed by atoms with Crippen LogP contribution in [0, 0.1) is 0 Å². The van der Waals surface area contributed by atoms with Gasteiger partial charge in [-0.15, -0.1) is 0 Å². The molecule has 0 bridgehead atoms. The van der Waals surface area contributed by atoms with Crippen LogP contribution in [0.15, 0.2) is 97.1 Å². The summed E-state index contributed by atoms with van der Waals surface area (Å²) < 4.78 is 22.8. The minimum Gasteiger partial charge on any atom is -0.491 e. The number of carbonyl (C=O) groups excluding carboxylic acids is 1. The van der Waals surface area contributed by atoms with Gasteiger partial charge in [-0.2, -0.15) is 0 Å². The Morgan fingerprint density at radius 3 is 2.07 bits per heavy atom. The highest BCUT2D eigenvalue weighted by Crippen LogP contribution is 2.40. The predicted octanol–water partition coefficient (Wildman–Crippen LogP) is 6.74. The summed E-state index contributed by atoms with van der Waals surface area (Å²) in [5.74, 6) is 2.20. The predicted molar refractivity (Wildman–Crippen MR) is 168 cm³/mol. The monoisotopic (exact) mass is 579 g/mol. The molecule has 43 heavy (non-hydrogen) atoms. The summed E-state index contributed by atoms with van der Waals surface area (Å²) in [5, 5.41) is 13.6. The lowest BCUT2D eigenvalue weighted by Gasteiger charge is -2.21. The molecule has 4 aromatic carbocycles. The second-order valence-electron chi connectivity index (χ2n) is 10.3. The van der Waals surface area contributed by atoms with Crippen LogP contribution in [0.4, 0.5) is 0 Å². The van der Waals surface area contributed by atoms with Crippen molar-refractivity contribution < 1.29 is 28.8 Å². The molecule has 0 aliphatic carbocycles. The van der Waals surface area contributed by atoms with Gasteiger partial charge < -0.3 is 29.4 Å². The van der Waals surface area contributed by atoms with Gasteiger partial charge in [-0.3, -0.25) is 0 Å². The summed E-state index contributed by atoms with van der Waals surface area (Å²) in [6, 6.07) is 30.4. The van der Waals surface area contributed by atoms with Crippen molar-refractivity contribution in [1.82, 2.24) is 5.32 Å². The molecule has 0 spiro atoms. The van der Waals surface area contributed by atoms with Gasteiger partial charge >= 0.3 is 5.97 Å². The van der Waals surface area contributed by atoms with E-state index in [1.807, 2.05) is 98.9 Å². The Hall–Kier alpha value is -4.59. The Morgan fingerprint density at radius 1 is 0.814 bits per heavy atom. The zero-order valence-corrected chi connectivity index (χ0v) is 24.7. The van der Waals surface area contributed by atoms with Gasteiger partial charge in [0.05, 0.1) is 5.56 Å². The number of aliphatic hydroxyl groups is 1. The van der Waals surface area contributed by atoms with E-state index < -0.39 is 12.1 Å². The van der Waals surface area contributed by atoms with Gasteiger partial charge in [0.15, 0.2) is 11.5 Å². The molecule has 4 aromatic rings. The molecule has 2 unspecified atom stereocenters. The number of nitrogens with one attached hydrogen (secondary N) is 1. The molecule has 0 fully saturated rings. The van der Waals surface area contributed by atoms with E-state index in [1.54, 1.807) is 12.1 Å². The van der Waals surface area contributed by atoms with Crippen LogP contribution in [0.3, 0.4) is 0 Å². The van der Waals surface area contributed by atoms with E-state index in [1.165, 1.54) is 0 Å². The molecule has 1 heterocycles. The highest BCUT2D eigenvalue weighted by Gasteiger charge is 2.19. The lowest BCUT2D eigenvalue weighted by Crippen LogP contribution is -2.40. The number of carbonyl (C=O) groups is 1. The van der Waals surface area contributed by atoms with Crippen LogP contribution in [0.2, 0.25) is 0 Å². The molecule has 222 valence electrons. The molecular weight excluding hydrogens is 542 g/mol. The number of fused-ring (bicyclic) bond motifs is 1. The van der Waals surface area contributed by atoms with E-state index in [9.17, 15) is 9.90 Å². The molecule has 1 aliphatic rings. The average Bonchev–Trinajstić information content (AvgIpc) is 3.52. The molecule has 7 nitrogen and oxygen atoms in total. The minimum atomic E-state index is -0.614. The first-order valence-electron chi connectivity index (χ1n) is 14.6. The molecule has 0 saturated heterocycles. The fraction of sp³-hybridized carbons (Fsp3) is 0.250. The zero-order chi connectivity index (χ0) is 30.2. The van der Waals surface area contributed by atoms with E-state index in [4.69, 9.17) is 18.9 Å². The topological polar surface area (TPSA) is 86.2 Å². The number of rotatable bonds is 12. The highest BCUT2D eigenvalue weighted by molar-refractivity contribution is 5.99. The molecule has 0 amide bonds. The summed E-state index contributed by atoms with van der Waals surface area (Å²) in [7, 11) is 1.84. The lowest BCUT2D eigenvalue weighted by atomic mass is 9.88. The average molecular weight is 580 g/mol.